The molecule has 0 spiro atoms. The van der Waals surface area contributed by atoms with E-state index in [0.717, 1.165) is 5.84 Å². The molecule has 1 aromatic carbocycles. The van der Waals surface area contributed by atoms with Crippen LogP contribution in [0.2, 0.25) is 0 Å². The molecule has 2 aliphatic heterocycles. The zero-order valence-corrected chi connectivity index (χ0v) is 19.1. The van der Waals surface area contributed by atoms with Crippen LogP contribution in [0, 0.1) is 11.3 Å². The summed E-state index contributed by atoms with van der Waals surface area (Å²) in [5.74, 6) is 0.584. The van der Waals surface area contributed by atoms with E-state index >= 15 is 0 Å². The van der Waals surface area contributed by atoms with Gasteiger partial charge in [-0.1, -0.05) is 13.8 Å². The summed E-state index contributed by atoms with van der Waals surface area (Å²) in [6.07, 6.45) is -6.50. The number of likely N-dealkylation sites (tertiary alicyclic amines) is 1. The van der Waals surface area contributed by atoms with Crippen LogP contribution in [0.15, 0.2) is 28.2 Å². The Labute approximate surface area is 194 Å². The Kier molecular flexibility index (Phi) is 7.74. The van der Waals surface area contributed by atoms with Crippen molar-refractivity contribution in [2.45, 2.75) is 52.0 Å². The number of amidine groups is 1. The quantitative estimate of drug-likeness (QED) is 0.550. The third kappa shape index (κ3) is 6.58. The van der Waals surface area contributed by atoms with Crippen LogP contribution in [0.4, 0.5) is 26.3 Å². The lowest BCUT2D eigenvalue weighted by Crippen LogP contribution is -2.50. The van der Waals surface area contributed by atoms with Crippen LogP contribution in [0.3, 0.4) is 0 Å². The van der Waals surface area contributed by atoms with Crippen molar-refractivity contribution in [2.24, 2.45) is 21.3 Å². The summed E-state index contributed by atoms with van der Waals surface area (Å²) in [5.41, 5.74) is -3.77. The number of benzene rings is 1. The highest BCUT2D eigenvalue weighted by Gasteiger charge is 2.42. The van der Waals surface area contributed by atoms with Crippen molar-refractivity contribution in [3.8, 4) is 0 Å². The fourth-order valence-electron chi connectivity index (χ4n) is 4.56. The minimum absolute atomic E-state index is 0.0833. The van der Waals surface area contributed by atoms with E-state index in [1.165, 1.54) is 0 Å². The van der Waals surface area contributed by atoms with E-state index < -0.39 is 35.4 Å². The van der Waals surface area contributed by atoms with Gasteiger partial charge in [-0.3, -0.25) is 14.7 Å². The van der Waals surface area contributed by atoms with E-state index in [-0.39, 0.29) is 23.5 Å². The van der Waals surface area contributed by atoms with Crippen molar-refractivity contribution in [2.75, 3.05) is 26.2 Å². The third-order valence-electron chi connectivity index (χ3n) is 6.16. The lowest BCUT2D eigenvalue weighted by molar-refractivity contribution is -0.143. The zero-order valence-electron chi connectivity index (χ0n) is 19.1. The molecular weight excluding hydrogens is 462 g/mol. The first kappa shape index (κ1) is 26.2. The number of carbonyl (C=O) groups excluding carboxylic acids is 1. The SMILES string of the molecule is CC(C)CC1(C(=O)NCc2cc(C(F)(F)F)cc(C(F)(F)F)c2)CCN(CC2=NCC=N2)CC1. The Bertz CT molecular complexity index is 912. The Morgan fingerprint density at radius 1 is 1.06 bits per heavy atom. The number of piperidine rings is 1. The number of amides is 1. The van der Waals surface area contributed by atoms with Gasteiger partial charge >= 0.3 is 12.4 Å². The molecule has 0 atom stereocenters. The van der Waals surface area contributed by atoms with E-state index in [9.17, 15) is 31.1 Å². The molecule has 0 unspecified atom stereocenters. The molecule has 1 amide bonds. The second-order valence-corrected chi connectivity index (χ2v) is 9.32. The van der Waals surface area contributed by atoms with Gasteiger partial charge in [-0.2, -0.15) is 26.3 Å². The molecule has 3 rings (SSSR count). The zero-order chi connectivity index (χ0) is 25.1. The summed E-state index contributed by atoms with van der Waals surface area (Å²) in [5, 5.41) is 2.62. The lowest BCUT2D eigenvalue weighted by atomic mass is 9.72. The molecule has 11 heteroatoms. The Morgan fingerprint density at radius 2 is 1.65 bits per heavy atom. The highest BCUT2D eigenvalue weighted by Crippen LogP contribution is 2.39. The van der Waals surface area contributed by atoms with Gasteiger partial charge in [0.05, 0.1) is 29.6 Å². The smallest absolute Gasteiger partial charge is 0.352 e. The molecule has 0 aromatic heterocycles. The van der Waals surface area contributed by atoms with E-state index in [2.05, 4.69) is 20.2 Å². The molecule has 2 heterocycles. The second kappa shape index (κ2) is 10.1. The summed E-state index contributed by atoms with van der Waals surface area (Å²) >= 11 is 0. The van der Waals surface area contributed by atoms with Crippen LogP contribution in [0.1, 0.15) is 49.8 Å². The summed E-state index contributed by atoms with van der Waals surface area (Å²) in [7, 11) is 0. The maximum atomic E-state index is 13.2. The molecule has 188 valence electrons. The Hall–Kier alpha value is -2.43. The summed E-state index contributed by atoms with van der Waals surface area (Å²) < 4.78 is 78.8. The molecule has 0 bridgehead atoms. The largest absolute Gasteiger partial charge is 0.416 e. The van der Waals surface area contributed by atoms with Crippen molar-refractivity contribution < 1.29 is 31.1 Å². The number of alkyl halides is 6. The van der Waals surface area contributed by atoms with Crippen molar-refractivity contribution in [3.05, 3.63) is 34.9 Å². The average molecular weight is 490 g/mol. The van der Waals surface area contributed by atoms with Crippen molar-refractivity contribution in [3.63, 3.8) is 0 Å². The summed E-state index contributed by atoms with van der Waals surface area (Å²) in [4.78, 5) is 23.9. The molecule has 0 aliphatic carbocycles. The fourth-order valence-corrected chi connectivity index (χ4v) is 4.56. The first-order valence-electron chi connectivity index (χ1n) is 11.1. The molecule has 34 heavy (non-hydrogen) atoms. The molecule has 1 fully saturated rings. The van der Waals surface area contributed by atoms with Crippen molar-refractivity contribution in [1.29, 1.82) is 0 Å². The van der Waals surface area contributed by atoms with Gasteiger partial charge in [0.25, 0.3) is 0 Å². The van der Waals surface area contributed by atoms with Crippen LogP contribution in [0.25, 0.3) is 0 Å². The van der Waals surface area contributed by atoms with E-state index in [0.29, 0.717) is 57.6 Å². The number of hydrogen-bond acceptors (Lipinski definition) is 4. The molecular formula is C23H28F6N4O. The van der Waals surface area contributed by atoms with Crippen LogP contribution >= 0.6 is 0 Å². The highest BCUT2D eigenvalue weighted by atomic mass is 19.4. The summed E-state index contributed by atoms with van der Waals surface area (Å²) in [6, 6.07) is 1.38. The number of halogens is 6. The Balaban J connectivity index is 1.72. The van der Waals surface area contributed by atoms with Crippen LogP contribution < -0.4 is 5.32 Å². The second-order valence-electron chi connectivity index (χ2n) is 9.32. The van der Waals surface area contributed by atoms with Gasteiger partial charge in [0.15, 0.2) is 0 Å². The molecule has 0 radical (unpaired) electrons. The van der Waals surface area contributed by atoms with Gasteiger partial charge < -0.3 is 5.32 Å². The first-order chi connectivity index (χ1) is 15.8. The van der Waals surface area contributed by atoms with Crippen LogP contribution in [-0.2, 0) is 23.7 Å². The van der Waals surface area contributed by atoms with Crippen LogP contribution in [0.5, 0.6) is 0 Å². The Morgan fingerprint density at radius 3 is 2.12 bits per heavy atom. The number of rotatable bonds is 7. The van der Waals surface area contributed by atoms with E-state index in [4.69, 9.17) is 0 Å². The number of nitrogens with one attached hydrogen (secondary N) is 1. The molecule has 1 aromatic rings. The molecule has 1 saturated heterocycles. The van der Waals surface area contributed by atoms with Gasteiger partial charge in [0.2, 0.25) is 5.91 Å². The fraction of sp³-hybridized carbons (Fsp3) is 0.609. The van der Waals surface area contributed by atoms with Gasteiger partial charge in [-0.15, -0.1) is 0 Å². The minimum atomic E-state index is -4.93. The van der Waals surface area contributed by atoms with E-state index in [1.807, 2.05) is 13.8 Å². The topological polar surface area (TPSA) is 57.1 Å². The third-order valence-corrected chi connectivity index (χ3v) is 6.16. The molecule has 5 nitrogen and oxygen atoms in total. The predicted octanol–water partition coefficient (Wildman–Crippen LogP) is 4.95. The van der Waals surface area contributed by atoms with Gasteiger partial charge in [0, 0.05) is 12.8 Å². The number of carbonyl (C=O) groups is 1. The van der Waals surface area contributed by atoms with Crippen molar-refractivity contribution in [1.82, 2.24) is 10.2 Å². The highest BCUT2D eigenvalue weighted by molar-refractivity contribution is 5.95. The maximum absolute atomic E-state index is 13.2. The predicted molar refractivity (Wildman–Crippen MR) is 117 cm³/mol. The summed E-state index contributed by atoms with van der Waals surface area (Å²) in [6.45, 7) is 5.93. The monoisotopic (exact) mass is 490 g/mol. The van der Waals surface area contributed by atoms with Crippen LogP contribution in [-0.4, -0.2) is 49.0 Å². The first-order valence-corrected chi connectivity index (χ1v) is 11.1. The van der Waals surface area contributed by atoms with Crippen molar-refractivity contribution >= 4 is 18.0 Å². The lowest BCUT2D eigenvalue weighted by Gasteiger charge is -2.41. The number of nitrogens with zero attached hydrogens (tertiary/aromatic N) is 3. The number of hydrogen-bond donors (Lipinski definition) is 1. The standard InChI is InChI=1S/C23H28F6N4O/c1-15(2)12-21(3-7-33(8-4-21)14-19-30-5-6-31-19)20(34)32-13-16-9-17(22(24,25)26)11-18(10-16)23(27,28)29/h5,9-11,15H,3-4,6-8,12-14H2,1-2H3,(H,32,34). The van der Waals surface area contributed by atoms with Gasteiger partial charge in [-0.05, 0) is 62.0 Å². The van der Waals surface area contributed by atoms with E-state index in [1.54, 1.807) is 6.21 Å². The van der Waals surface area contributed by atoms with Gasteiger partial charge in [-0.25, -0.2) is 4.99 Å². The number of aliphatic imine (C=N–C) groups is 2. The van der Waals surface area contributed by atoms with Gasteiger partial charge in [0.1, 0.15) is 5.84 Å². The molecule has 2 aliphatic rings. The average Bonchev–Trinajstić information content (AvgIpc) is 3.24. The normalized spacial score (nSPS) is 18.9. The molecule has 1 N–H and O–H groups in total. The molecule has 0 saturated carbocycles. The maximum Gasteiger partial charge on any atom is 0.416 e. The minimum Gasteiger partial charge on any atom is -0.352 e.